The number of fused-ring (bicyclic) bond motifs is 1. The molecule has 2 aromatic rings. The normalized spacial score (nSPS) is 12.9. The topological polar surface area (TPSA) is 56.7 Å². The highest BCUT2D eigenvalue weighted by atomic mass is 127. The Morgan fingerprint density at radius 3 is 2.45 bits per heavy atom. The number of aliphatic imine (C=N–C) groups is 1. The molecule has 1 aliphatic rings. The van der Waals surface area contributed by atoms with Crippen molar-refractivity contribution in [3.63, 3.8) is 0 Å². The van der Waals surface area contributed by atoms with Gasteiger partial charge in [0.25, 0.3) is 0 Å². The molecule has 1 amide bonds. The van der Waals surface area contributed by atoms with Crippen LogP contribution >= 0.6 is 24.0 Å². The van der Waals surface area contributed by atoms with Crippen LogP contribution in [0, 0.1) is 11.6 Å². The standard InChI is InChI=1S/C21H24F2N4O.HI/c1-24-21(26-12-17-11-18(22)8-9-19(17)23)25-10-4-7-20(28)27-13-15-5-2-3-6-16(15)14-27;/h2-3,5-6,8-9,11H,4,7,10,12-14H2,1H3,(H2,24,25,26);1H. The number of nitrogens with zero attached hydrogens (tertiary/aromatic N) is 2. The molecule has 8 heteroatoms. The highest BCUT2D eigenvalue weighted by Crippen LogP contribution is 2.22. The summed E-state index contributed by atoms with van der Waals surface area (Å²) in [6.07, 6.45) is 1.09. The highest BCUT2D eigenvalue weighted by molar-refractivity contribution is 14.0. The summed E-state index contributed by atoms with van der Waals surface area (Å²) < 4.78 is 26.9. The smallest absolute Gasteiger partial charge is 0.223 e. The maximum atomic E-state index is 13.7. The van der Waals surface area contributed by atoms with Crippen molar-refractivity contribution in [3.05, 3.63) is 70.8 Å². The minimum atomic E-state index is -0.483. The minimum absolute atomic E-state index is 0. The number of benzene rings is 2. The van der Waals surface area contributed by atoms with Gasteiger partial charge < -0.3 is 15.5 Å². The summed E-state index contributed by atoms with van der Waals surface area (Å²) in [5.74, 6) is -0.349. The molecule has 0 saturated heterocycles. The van der Waals surface area contributed by atoms with Crippen LogP contribution in [0.5, 0.6) is 0 Å². The zero-order valence-electron chi connectivity index (χ0n) is 16.3. The first-order valence-electron chi connectivity index (χ1n) is 9.30. The summed E-state index contributed by atoms with van der Waals surface area (Å²) in [4.78, 5) is 18.3. The van der Waals surface area contributed by atoms with Crippen molar-refractivity contribution in [3.8, 4) is 0 Å². The molecule has 0 unspecified atom stereocenters. The molecule has 0 aromatic heterocycles. The minimum Gasteiger partial charge on any atom is -0.356 e. The van der Waals surface area contributed by atoms with Crippen LogP contribution in [0.2, 0.25) is 0 Å². The predicted octanol–water partition coefficient (Wildman–Crippen LogP) is 3.57. The van der Waals surface area contributed by atoms with E-state index in [1.165, 1.54) is 11.1 Å². The Bertz CT molecular complexity index is 851. The Labute approximate surface area is 186 Å². The van der Waals surface area contributed by atoms with Crippen LogP contribution in [-0.2, 0) is 24.4 Å². The van der Waals surface area contributed by atoms with E-state index in [1.807, 2.05) is 17.0 Å². The summed E-state index contributed by atoms with van der Waals surface area (Å²) >= 11 is 0. The van der Waals surface area contributed by atoms with Gasteiger partial charge in [-0.1, -0.05) is 24.3 Å². The number of nitrogens with one attached hydrogen (secondary N) is 2. The second kappa shape index (κ2) is 11.1. The molecule has 0 aliphatic carbocycles. The first kappa shape index (κ1) is 23.1. The van der Waals surface area contributed by atoms with Crippen LogP contribution in [-0.4, -0.2) is 30.4 Å². The lowest BCUT2D eigenvalue weighted by Crippen LogP contribution is -2.38. The molecule has 29 heavy (non-hydrogen) atoms. The Morgan fingerprint density at radius 1 is 1.10 bits per heavy atom. The molecule has 0 fully saturated rings. The summed E-state index contributed by atoms with van der Waals surface area (Å²) in [5, 5.41) is 6.03. The van der Waals surface area contributed by atoms with Gasteiger partial charge in [0.1, 0.15) is 11.6 Å². The lowest BCUT2D eigenvalue weighted by Gasteiger charge is -2.16. The van der Waals surface area contributed by atoms with Crippen LogP contribution in [0.4, 0.5) is 8.78 Å². The molecule has 0 spiro atoms. The molecular weight excluding hydrogens is 489 g/mol. The molecular formula is C21H25F2IN4O. The van der Waals surface area contributed by atoms with Crippen molar-refractivity contribution in [2.45, 2.75) is 32.5 Å². The van der Waals surface area contributed by atoms with Crippen molar-refractivity contribution in [2.75, 3.05) is 13.6 Å². The lowest BCUT2D eigenvalue weighted by molar-refractivity contribution is -0.131. The zero-order chi connectivity index (χ0) is 19.9. The number of amides is 1. The van der Waals surface area contributed by atoms with Crippen LogP contribution in [0.1, 0.15) is 29.5 Å². The number of rotatable bonds is 6. The monoisotopic (exact) mass is 514 g/mol. The number of guanidine groups is 1. The van der Waals surface area contributed by atoms with Gasteiger partial charge in [-0.2, -0.15) is 0 Å². The molecule has 3 rings (SSSR count). The fourth-order valence-electron chi connectivity index (χ4n) is 3.19. The van der Waals surface area contributed by atoms with E-state index in [9.17, 15) is 13.6 Å². The van der Waals surface area contributed by atoms with Gasteiger partial charge in [0.15, 0.2) is 5.96 Å². The Hall–Kier alpha value is -2.23. The van der Waals surface area contributed by atoms with Crippen molar-refractivity contribution >= 4 is 35.8 Å². The predicted molar refractivity (Wildman–Crippen MR) is 120 cm³/mol. The summed E-state index contributed by atoms with van der Waals surface area (Å²) in [7, 11) is 1.60. The number of hydrogen-bond donors (Lipinski definition) is 2. The van der Waals surface area contributed by atoms with E-state index in [0.29, 0.717) is 38.4 Å². The molecule has 0 saturated carbocycles. The van der Waals surface area contributed by atoms with E-state index in [1.54, 1.807) is 7.05 Å². The van der Waals surface area contributed by atoms with Gasteiger partial charge in [0.2, 0.25) is 5.91 Å². The third-order valence-electron chi connectivity index (χ3n) is 4.73. The molecule has 2 N–H and O–H groups in total. The van der Waals surface area contributed by atoms with Crippen LogP contribution < -0.4 is 10.6 Å². The van der Waals surface area contributed by atoms with Crippen molar-refractivity contribution in [1.82, 2.24) is 15.5 Å². The molecule has 5 nitrogen and oxygen atoms in total. The molecule has 0 bridgehead atoms. The van der Waals surface area contributed by atoms with Gasteiger partial charge in [-0.05, 0) is 35.7 Å². The molecule has 0 atom stereocenters. The van der Waals surface area contributed by atoms with E-state index in [2.05, 4.69) is 27.8 Å². The van der Waals surface area contributed by atoms with Gasteiger partial charge in [0, 0.05) is 45.2 Å². The van der Waals surface area contributed by atoms with Crippen molar-refractivity contribution in [2.24, 2.45) is 4.99 Å². The van der Waals surface area contributed by atoms with Crippen molar-refractivity contribution in [1.29, 1.82) is 0 Å². The maximum absolute atomic E-state index is 13.7. The van der Waals surface area contributed by atoms with E-state index in [4.69, 9.17) is 0 Å². The average molecular weight is 514 g/mol. The molecule has 1 heterocycles. The molecule has 0 radical (unpaired) electrons. The van der Waals surface area contributed by atoms with Gasteiger partial charge in [-0.3, -0.25) is 9.79 Å². The van der Waals surface area contributed by atoms with Crippen LogP contribution in [0.25, 0.3) is 0 Å². The Balaban J connectivity index is 0.00000300. The summed E-state index contributed by atoms with van der Waals surface area (Å²) in [6, 6.07) is 11.4. The molecule has 2 aromatic carbocycles. The SMILES string of the molecule is CN=C(NCCCC(=O)N1Cc2ccccc2C1)NCc1cc(F)ccc1F.I. The quantitative estimate of drug-likeness (QED) is 0.268. The fraction of sp³-hybridized carbons (Fsp3) is 0.333. The number of halogens is 3. The third kappa shape index (κ3) is 6.38. The second-order valence-electron chi connectivity index (χ2n) is 6.71. The summed E-state index contributed by atoms with van der Waals surface area (Å²) in [5.41, 5.74) is 2.65. The Morgan fingerprint density at radius 2 is 1.79 bits per heavy atom. The molecule has 156 valence electrons. The lowest BCUT2D eigenvalue weighted by atomic mass is 10.1. The number of hydrogen-bond acceptors (Lipinski definition) is 2. The van der Waals surface area contributed by atoms with Gasteiger partial charge >= 0.3 is 0 Å². The third-order valence-corrected chi connectivity index (χ3v) is 4.73. The van der Waals surface area contributed by atoms with Gasteiger partial charge in [-0.15, -0.1) is 24.0 Å². The first-order chi connectivity index (χ1) is 13.6. The average Bonchev–Trinajstić information content (AvgIpc) is 3.14. The van der Waals surface area contributed by atoms with Crippen LogP contribution in [0.15, 0.2) is 47.5 Å². The number of carbonyl (C=O) groups excluding carboxylic acids is 1. The second-order valence-corrected chi connectivity index (χ2v) is 6.71. The largest absolute Gasteiger partial charge is 0.356 e. The van der Waals surface area contributed by atoms with Crippen LogP contribution in [0.3, 0.4) is 0 Å². The number of carbonyl (C=O) groups is 1. The van der Waals surface area contributed by atoms with E-state index >= 15 is 0 Å². The first-order valence-corrected chi connectivity index (χ1v) is 9.30. The van der Waals surface area contributed by atoms with Gasteiger partial charge in [0.05, 0.1) is 0 Å². The maximum Gasteiger partial charge on any atom is 0.223 e. The highest BCUT2D eigenvalue weighted by Gasteiger charge is 2.22. The van der Waals surface area contributed by atoms with Crippen molar-refractivity contribution < 1.29 is 13.6 Å². The van der Waals surface area contributed by atoms with E-state index in [0.717, 1.165) is 18.2 Å². The molecule has 1 aliphatic heterocycles. The Kier molecular flexibility index (Phi) is 8.81. The van der Waals surface area contributed by atoms with E-state index in [-0.39, 0.29) is 42.0 Å². The van der Waals surface area contributed by atoms with Gasteiger partial charge in [-0.25, -0.2) is 8.78 Å². The van der Waals surface area contributed by atoms with E-state index < -0.39 is 11.6 Å². The fourth-order valence-corrected chi connectivity index (χ4v) is 3.19. The zero-order valence-corrected chi connectivity index (χ0v) is 18.6. The summed E-state index contributed by atoms with van der Waals surface area (Å²) in [6.45, 7) is 2.02.